The summed E-state index contributed by atoms with van der Waals surface area (Å²) in [4.78, 5) is 8.95. The van der Waals surface area contributed by atoms with E-state index in [4.69, 9.17) is 4.74 Å². The van der Waals surface area contributed by atoms with Crippen LogP contribution < -0.4 is 0 Å². The first-order valence-corrected chi connectivity index (χ1v) is 9.78. The highest BCUT2D eigenvalue weighted by Gasteiger charge is 2.46. The Morgan fingerprint density at radius 3 is 2.70 bits per heavy atom. The van der Waals surface area contributed by atoms with E-state index in [2.05, 4.69) is 27.9 Å². The van der Waals surface area contributed by atoms with Gasteiger partial charge in [-0.25, -0.2) is 4.39 Å². The van der Waals surface area contributed by atoms with Crippen molar-refractivity contribution < 1.29 is 9.13 Å². The quantitative estimate of drug-likeness (QED) is 0.781. The molecule has 144 valence electrons. The van der Waals surface area contributed by atoms with E-state index in [1.54, 1.807) is 0 Å². The molecular formula is C22H28FN3O. The van der Waals surface area contributed by atoms with Crippen LogP contribution in [0.15, 0.2) is 48.8 Å². The first-order valence-electron chi connectivity index (χ1n) is 9.78. The van der Waals surface area contributed by atoms with Crippen molar-refractivity contribution in [3.8, 4) is 0 Å². The lowest BCUT2D eigenvalue weighted by molar-refractivity contribution is -0.183. The van der Waals surface area contributed by atoms with Gasteiger partial charge < -0.3 is 9.64 Å². The fourth-order valence-corrected chi connectivity index (χ4v) is 4.35. The summed E-state index contributed by atoms with van der Waals surface area (Å²) in [5, 5.41) is 0. The highest BCUT2D eigenvalue weighted by atomic mass is 19.1. The SMILES string of the molecule is CN(Cc1cccnc1)C[C@@H]1CCC2(CN(Cc3ccc(F)cc3)C2)OC1. The van der Waals surface area contributed by atoms with E-state index in [0.29, 0.717) is 5.92 Å². The van der Waals surface area contributed by atoms with Gasteiger partial charge in [-0.1, -0.05) is 18.2 Å². The Hall–Kier alpha value is -1.82. The number of likely N-dealkylation sites (tertiary alicyclic amines) is 1. The molecule has 0 radical (unpaired) electrons. The molecule has 1 aromatic carbocycles. The van der Waals surface area contributed by atoms with Crippen LogP contribution in [0.3, 0.4) is 0 Å². The van der Waals surface area contributed by atoms with Gasteiger partial charge in [0, 0.05) is 45.1 Å². The summed E-state index contributed by atoms with van der Waals surface area (Å²) in [7, 11) is 2.17. The van der Waals surface area contributed by atoms with Gasteiger partial charge in [0.2, 0.25) is 0 Å². The third-order valence-electron chi connectivity index (χ3n) is 5.72. The number of halogens is 1. The average Bonchev–Trinajstić information content (AvgIpc) is 2.64. The van der Waals surface area contributed by atoms with Gasteiger partial charge in [0.25, 0.3) is 0 Å². The molecule has 1 spiro atoms. The van der Waals surface area contributed by atoms with E-state index in [-0.39, 0.29) is 11.4 Å². The van der Waals surface area contributed by atoms with E-state index < -0.39 is 0 Å². The van der Waals surface area contributed by atoms with Gasteiger partial charge in [0.1, 0.15) is 5.82 Å². The molecule has 2 aromatic rings. The van der Waals surface area contributed by atoms with Crippen molar-refractivity contribution >= 4 is 0 Å². The Balaban J connectivity index is 1.19. The number of benzene rings is 1. The van der Waals surface area contributed by atoms with Crippen LogP contribution in [-0.2, 0) is 17.8 Å². The number of hydrogen-bond donors (Lipinski definition) is 0. The molecular weight excluding hydrogens is 341 g/mol. The predicted molar refractivity (Wildman–Crippen MR) is 104 cm³/mol. The second-order valence-electron chi connectivity index (χ2n) is 8.23. The summed E-state index contributed by atoms with van der Waals surface area (Å²) in [5.74, 6) is 0.428. The second kappa shape index (κ2) is 8.05. The van der Waals surface area contributed by atoms with Crippen LogP contribution >= 0.6 is 0 Å². The summed E-state index contributed by atoms with van der Waals surface area (Å²) < 4.78 is 19.3. The Bertz CT molecular complexity index is 721. The van der Waals surface area contributed by atoms with Gasteiger partial charge in [-0.3, -0.25) is 9.88 Å². The van der Waals surface area contributed by atoms with Crippen molar-refractivity contribution in [2.24, 2.45) is 5.92 Å². The minimum Gasteiger partial charge on any atom is -0.372 e. The van der Waals surface area contributed by atoms with E-state index in [1.165, 1.54) is 24.1 Å². The molecule has 0 saturated carbocycles. The summed E-state index contributed by atoms with van der Waals surface area (Å²) >= 11 is 0. The van der Waals surface area contributed by atoms with Crippen LogP contribution in [0.4, 0.5) is 4.39 Å². The molecule has 5 heteroatoms. The second-order valence-corrected chi connectivity index (χ2v) is 8.23. The molecule has 0 unspecified atom stereocenters. The minimum atomic E-state index is -0.172. The van der Waals surface area contributed by atoms with Crippen LogP contribution in [0, 0.1) is 11.7 Å². The molecule has 2 aliphatic rings. The third-order valence-corrected chi connectivity index (χ3v) is 5.72. The normalized spacial score (nSPS) is 22.1. The van der Waals surface area contributed by atoms with Crippen molar-refractivity contribution in [2.45, 2.75) is 31.5 Å². The third kappa shape index (κ3) is 4.72. The fraction of sp³-hybridized carbons (Fsp3) is 0.500. The zero-order valence-corrected chi connectivity index (χ0v) is 16.0. The summed E-state index contributed by atoms with van der Waals surface area (Å²) in [6.07, 6.45) is 6.11. The van der Waals surface area contributed by atoms with Gasteiger partial charge in [-0.15, -0.1) is 0 Å². The van der Waals surface area contributed by atoms with Crippen LogP contribution in [0.25, 0.3) is 0 Å². The summed E-state index contributed by atoms with van der Waals surface area (Å²) in [5.41, 5.74) is 2.47. The predicted octanol–water partition coefficient (Wildman–Crippen LogP) is 3.33. The molecule has 0 N–H and O–H groups in total. The Morgan fingerprint density at radius 1 is 1.22 bits per heavy atom. The molecule has 2 saturated heterocycles. The molecule has 2 aliphatic heterocycles. The van der Waals surface area contributed by atoms with E-state index in [0.717, 1.165) is 51.3 Å². The van der Waals surface area contributed by atoms with E-state index in [1.807, 2.05) is 30.6 Å². The maximum atomic E-state index is 13.0. The van der Waals surface area contributed by atoms with Crippen molar-refractivity contribution in [1.29, 1.82) is 0 Å². The number of nitrogens with zero attached hydrogens (tertiary/aromatic N) is 3. The summed E-state index contributed by atoms with van der Waals surface area (Å²) in [6.45, 7) is 5.70. The number of aromatic nitrogens is 1. The zero-order chi connectivity index (χ0) is 18.7. The van der Waals surface area contributed by atoms with E-state index >= 15 is 0 Å². The first-order chi connectivity index (χ1) is 13.1. The van der Waals surface area contributed by atoms with Crippen LogP contribution in [-0.4, -0.2) is 53.7 Å². The zero-order valence-electron chi connectivity index (χ0n) is 16.0. The first kappa shape index (κ1) is 18.5. The molecule has 3 heterocycles. The van der Waals surface area contributed by atoms with Gasteiger partial charge in [0.15, 0.2) is 0 Å². The fourth-order valence-electron chi connectivity index (χ4n) is 4.35. The van der Waals surface area contributed by atoms with Gasteiger partial charge in [0.05, 0.1) is 12.2 Å². The number of ether oxygens (including phenoxy) is 1. The van der Waals surface area contributed by atoms with Gasteiger partial charge >= 0.3 is 0 Å². The van der Waals surface area contributed by atoms with Crippen molar-refractivity contribution in [1.82, 2.24) is 14.8 Å². The minimum absolute atomic E-state index is 0.0540. The van der Waals surface area contributed by atoms with Crippen LogP contribution in [0.5, 0.6) is 0 Å². The molecule has 0 bridgehead atoms. The topological polar surface area (TPSA) is 28.6 Å². The lowest BCUT2D eigenvalue weighted by Gasteiger charge is -2.53. The van der Waals surface area contributed by atoms with Gasteiger partial charge in [-0.2, -0.15) is 0 Å². The monoisotopic (exact) mass is 369 g/mol. The highest BCUT2D eigenvalue weighted by molar-refractivity contribution is 5.17. The lowest BCUT2D eigenvalue weighted by atomic mass is 9.82. The molecule has 4 rings (SSSR count). The van der Waals surface area contributed by atoms with E-state index in [9.17, 15) is 4.39 Å². The Labute approximate surface area is 161 Å². The van der Waals surface area contributed by atoms with Crippen molar-refractivity contribution in [3.63, 3.8) is 0 Å². The molecule has 4 nitrogen and oxygen atoms in total. The molecule has 1 aromatic heterocycles. The standard InChI is InChI=1S/C22H28FN3O/c1-25(12-19-3-2-10-24-11-19)13-20-8-9-22(27-15-20)16-26(17-22)14-18-4-6-21(23)7-5-18/h2-7,10-11,20H,8-9,12-17H2,1H3/t20-/m0/s1. The smallest absolute Gasteiger partial charge is 0.123 e. The molecule has 0 aliphatic carbocycles. The Morgan fingerprint density at radius 2 is 2.04 bits per heavy atom. The van der Waals surface area contributed by atoms with Crippen LogP contribution in [0.2, 0.25) is 0 Å². The maximum absolute atomic E-state index is 13.0. The number of pyridine rings is 1. The molecule has 1 atom stereocenters. The maximum Gasteiger partial charge on any atom is 0.123 e. The Kier molecular flexibility index (Phi) is 5.53. The van der Waals surface area contributed by atoms with Crippen molar-refractivity contribution in [2.75, 3.05) is 33.3 Å². The van der Waals surface area contributed by atoms with Crippen molar-refractivity contribution in [3.05, 3.63) is 65.7 Å². The lowest BCUT2D eigenvalue weighted by Crippen LogP contribution is -2.64. The molecule has 27 heavy (non-hydrogen) atoms. The van der Waals surface area contributed by atoms with Gasteiger partial charge in [-0.05, 0) is 55.1 Å². The average molecular weight is 369 g/mol. The summed E-state index contributed by atoms with van der Waals surface area (Å²) in [6, 6.07) is 10.9. The molecule has 2 fully saturated rings. The highest BCUT2D eigenvalue weighted by Crippen LogP contribution is 2.36. The van der Waals surface area contributed by atoms with Crippen LogP contribution in [0.1, 0.15) is 24.0 Å². The molecule has 0 amide bonds. The largest absolute Gasteiger partial charge is 0.372 e. The number of hydrogen-bond acceptors (Lipinski definition) is 4. The number of rotatable bonds is 6.